The van der Waals surface area contributed by atoms with E-state index in [1.807, 2.05) is 48.4 Å². The summed E-state index contributed by atoms with van der Waals surface area (Å²) in [5.41, 5.74) is 0.602. The first kappa shape index (κ1) is 20.1. The molecule has 2 saturated heterocycles. The summed E-state index contributed by atoms with van der Waals surface area (Å²) < 4.78 is 1.77. The van der Waals surface area contributed by atoms with E-state index in [2.05, 4.69) is 21.9 Å². The highest BCUT2D eigenvalue weighted by Gasteiger charge is 2.47. The molecule has 2 atom stereocenters. The van der Waals surface area contributed by atoms with Gasteiger partial charge in [-0.2, -0.15) is 5.10 Å². The Balaban J connectivity index is 1.60. The van der Waals surface area contributed by atoms with Crippen molar-refractivity contribution in [3.63, 3.8) is 0 Å². The van der Waals surface area contributed by atoms with Gasteiger partial charge in [0.1, 0.15) is 5.60 Å². The lowest BCUT2D eigenvalue weighted by Crippen LogP contribution is -2.64. The van der Waals surface area contributed by atoms with Crippen molar-refractivity contribution < 1.29 is 9.90 Å². The molecule has 0 radical (unpaired) electrons. The highest BCUT2D eigenvalue weighted by molar-refractivity contribution is 5.93. The summed E-state index contributed by atoms with van der Waals surface area (Å²) in [6, 6.07) is 9.81. The number of nitrogens with zero attached hydrogens (tertiary/aromatic N) is 5. The van der Waals surface area contributed by atoms with Crippen LogP contribution < -0.4 is 0 Å². The molecule has 4 rings (SSSR count). The van der Waals surface area contributed by atoms with Crippen LogP contribution in [0.15, 0.2) is 42.7 Å². The van der Waals surface area contributed by atoms with E-state index in [0.717, 1.165) is 38.3 Å². The molecular weight excluding hydrogens is 366 g/mol. The summed E-state index contributed by atoms with van der Waals surface area (Å²) in [5.74, 6) is -0.000982. The number of carbonyl (C=O) groups is 1. The molecule has 1 N–H and O–H groups in total. The Morgan fingerprint density at radius 2 is 1.90 bits per heavy atom. The van der Waals surface area contributed by atoms with E-state index in [1.165, 1.54) is 0 Å². The van der Waals surface area contributed by atoms with Crippen LogP contribution in [0.5, 0.6) is 0 Å². The van der Waals surface area contributed by atoms with Gasteiger partial charge in [0, 0.05) is 52.0 Å². The number of piperazine rings is 1. The Morgan fingerprint density at radius 1 is 1.17 bits per heavy atom. The van der Waals surface area contributed by atoms with Crippen LogP contribution in [-0.2, 0) is 12.1 Å². The first-order valence-electron chi connectivity index (χ1n) is 10.5. The quantitative estimate of drug-likeness (QED) is 0.841. The van der Waals surface area contributed by atoms with Gasteiger partial charge < -0.3 is 14.9 Å². The van der Waals surface area contributed by atoms with Crippen molar-refractivity contribution in [2.24, 2.45) is 0 Å². The molecule has 7 nitrogen and oxygen atoms in total. The number of piperidine rings is 1. The van der Waals surface area contributed by atoms with E-state index in [1.54, 1.807) is 10.9 Å². The summed E-state index contributed by atoms with van der Waals surface area (Å²) in [6.07, 6.45) is 3.99. The van der Waals surface area contributed by atoms with Crippen LogP contribution in [0.4, 0.5) is 0 Å². The summed E-state index contributed by atoms with van der Waals surface area (Å²) in [7, 11) is 2.13. The predicted molar refractivity (Wildman–Crippen MR) is 112 cm³/mol. The molecule has 3 heterocycles. The van der Waals surface area contributed by atoms with E-state index in [4.69, 9.17) is 0 Å². The summed E-state index contributed by atoms with van der Waals surface area (Å²) >= 11 is 0. The molecule has 1 amide bonds. The highest BCUT2D eigenvalue weighted by atomic mass is 16.3. The topological polar surface area (TPSA) is 64.8 Å². The maximum atomic E-state index is 13.1. The molecule has 156 valence electrons. The SMILES string of the molecule is CCn1cc(C(=O)N2CC[C@](O)(c3ccccc3)[C@H](N3CCN(C)CC3)C2)cn1. The minimum Gasteiger partial charge on any atom is -0.383 e. The number of aromatic nitrogens is 2. The average Bonchev–Trinajstić information content (AvgIpc) is 3.24. The Morgan fingerprint density at radius 3 is 2.55 bits per heavy atom. The molecule has 2 aliphatic heterocycles. The monoisotopic (exact) mass is 397 g/mol. The van der Waals surface area contributed by atoms with Gasteiger partial charge in [-0.1, -0.05) is 30.3 Å². The predicted octanol–water partition coefficient (Wildman–Crippen LogP) is 1.25. The molecule has 1 aromatic heterocycles. The van der Waals surface area contributed by atoms with Crippen LogP contribution in [0.2, 0.25) is 0 Å². The number of likely N-dealkylation sites (tertiary alicyclic amines) is 1. The van der Waals surface area contributed by atoms with E-state index in [9.17, 15) is 9.90 Å². The average molecular weight is 398 g/mol. The molecule has 29 heavy (non-hydrogen) atoms. The van der Waals surface area contributed by atoms with Crippen molar-refractivity contribution in [3.8, 4) is 0 Å². The zero-order valence-electron chi connectivity index (χ0n) is 17.4. The lowest BCUT2D eigenvalue weighted by molar-refractivity contribution is -0.101. The molecular formula is C22H31N5O2. The van der Waals surface area contributed by atoms with Crippen molar-refractivity contribution in [2.45, 2.75) is 31.5 Å². The van der Waals surface area contributed by atoms with Crippen molar-refractivity contribution >= 4 is 5.91 Å². The van der Waals surface area contributed by atoms with Gasteiger partial charge in [-0.3, -0.25) is 14.4 Å². The number of aliphatic hydroxyl groups is 1. The van der Waals surface area contributed by atoms with Gasteiger partial charge in [-0.25, -0.2) is 0 Å². The molecule has 2 aromatic rings. The Hall–Kier alpha value is -2.22. The first-order valence-corrected chi connectivity index (χ1v) is 10.5. The van der Waals surface area contributed by atoms with Crippen LogP contribution in [0.1, 0.15) is 29.3 Å². The fraction of sp³-hybridized carbons (Fsp3) is 0.545. The van der Waals surface area contributed by atoms with Gasteiger partial charge in [-0.15, -0.1) is 0 Å². The number of benzene rings is 1. The van der Waals surface area contributed by atoms with Gasteiger partial charge in [0.05, 0.1) is 17.8 Å². The van der Waals surface area contributed by atoms with Crippen molar-refractivity contribution in [1.29, 1.82) is 0 Å². The highest BCUT2D eigenvalue weighted by Crippen LogP contribution is 2.36. The third-order valence-electron chi connectivity index (χ3n) is 6.45. The van der Waals surface area contributed by atoms with E-state index < -0.39 is 5.60 Å². The van der Waals surface area contributed by atoms with Crippen LogP contribution in [0.3, 0.4) is 0 Å². The van der Waals surface area contributed by atoms with Gasteiger partial charge in [0.2, 0.25) is 0 Å². The standard InChI is InChI=1S/C22H31N5O2/c1-3-27-16-18(15-23-27)21(28)26-10-9-22(29,19-7-5-4-6-8-19)20(17-26)25-13-11-24(2)12-14-25/h4-8,15-16,20,29H,3,9-14,17H2,1-2H3/t20-,22+/m1/s1. The molecule has 0 saturated carbocycles. The van der Waals surface area contributed by atoms with Gasteiger partial charge in [-0.05, 0) is 26.0 Å². The zero-order valence-corrected chi connectivity index (χ0v) is 17.4. The van der Waals surface area contributed by atoms with Crippen molar-refractivity contribution in [1.82, 2.24) is 24.5 Å². The van der Waals surface area contributed by atoms with Crippen LogP contribution in [-0.4, -0.2) is 87.9 Å². The molecule has 0 spiro atoms. The van der Waals surface area contributed by atoms with Gasteiger partial charge in [0.15, 0.2) is 0 Å². The maximum absolute atomic E-state index is 13.1. The Kier molecular flexibility index (Phi) is 5.72. The minimum atomic E-state index is -0.957. The minimum absolute atomic E-state index is 0.000982. The molecule has 7 heteroatoms. The lowest BCUT2D eigenvalue weighted by Gasteiger charge is -2.51. The number of hydrogen-bond acceptors (Lipinski definition) is 5. The number of carbonyl (C=O) groups excluding carboxylic acids is 1. The van der Waals surface area contributed by atoms with Crippen molar-refractivity contribution in [3.05, 3.63) is 53.9 Å². The van der Waals surface area contributed by atoms with E-state index in [0.29, 0.717) is 25.1 Å². The first-order chi connectivity index (χ1) is 14.0. The zero-order chi connectivity index (χ0) is 20.4. The molecule has 2 fully saturated rings. The maximum Gasteiger partial charge on any atom is 0.257 e. The molecule has 0 aliphatic carbocycles. The second-order valence-corrected chi connectivity index (χ2v) is 8.23. The molecule has 1 aromatic carbocycles. The summed E-state index contributed by atoms with van der Waals surface area (Å²) in [5, 5.41) is 16.1. The van der Waals surface area contributed by atoms with Gasteiger partial charge in [0.25, 0.3) is 5.91 Å². The normalized spacial score (nSPS) is 26.6. The molecule has 2 aliphatic rings. The van der Waals surface area contributed by atoms with E-state index in [-0.39, 0.29) is 11.9 Å². The smallest absolute Gasteiger partial charge is 0.257 e. The Bertz CT molecular complexity index is 831. The number of hydrogen-bond donors (Lipinski definition) is 1. The van der Waals surface area contributed by atoms with Crippen LogP contribution in [0.25, 0.3) is 0 Å². The second-order valence-electron chi connectivity index (χ2n) is 8.23. The van der Waals surface area contributed by atoms with Crippen LogP contribution >= 0.6 is 0 Å². The molecule has 0 bridgehead atoms. The van der Waals surface area contributed by atoms with Crippen molar-refractivity contribution in [2.75, 3.05) is 46.3 Å². The number of aryl methyl sites for hydroxylation is 1. The fourth-order valence-electron chi connectivity index (χ4n) is 4.55. The lowest BCUT2D eigenvalue weighted by atomic mass is 9.79. The number of rotatable bonds is 4. The third kappa shape index (κ3) is 3.95. The second kappa shape index (κ2) is 8.26. The summed E-state index contributed by atoms with van der Waals surface area (Å²) in [4.78, 5) is 19.7. The Labute approximate surface area is 172 Å². The largest absolute Gasteiger partial charge is 0.383 e. The van der Waals surface area contributed by atoms with E-state index >= 15 is 0 Å². The van der Waals surface area contributed by atoms with Gasteiger partial charge >= 0.3 is 0 Å². The number of likely N-dealkylation sites (N-methyl/N-ethyl adjacent to an activating group) is 1. The summed E-state index contributed by atoms with van der Waals surface area (Å²) in [6.45, 7) is 7.53. The number of amides is 1. The van der Waals surface area contributed by atoms with Crippen LogP contribution in [0, 0.1) is 0 Å². The molecule has 0 unspecified atom stereocenters. The fourth-order valence-corrected chi connectivity index (χ4v) is 4.55. The third-order valence-corrected chi connectivity index (χ3v) is 6.45.